The van der Waals surface area contributed by atoms with E-state index in [-0.39, 0.29) is 0 Å². The molecule has 0 spiro atoms. The summed E-state index contributed by atoms with van der Waals surface area (Å²) < 4.78 is 0. The molecule has 0 aromatic heterocycles. The molecule has 0 fully saturated rings. The molecule has 1 N–H and O–H groups in total. The van der Waals surface area contributed by atoms with Crippen LogP contribution in [0.1, 0.15) is 42.6 Å². The van der Waals surface area contributed by atoms with Gasteiger partial charge in [0, 0.05) is 12.1 Å². The Morgan fingerprint density at radius 2 is 1.22 bits per heavy atom. The Morgan fingerprint density at radius 1 is 0.722 bits per heavy atom. The highest BCUT2D eigenvalue weighted by Gasteiger charge is 2.10. The van der Waals surface area contributed by atoms with E-state index in [4.69, 9.17) is 0 Å². The summed E-state index contributed by atoms with van der Waals surface area (Å²) in [6.45, 7) is 6.54. The van der Waals surface area contributed by atoms with Crippen molar-refractivity contribution >= 4 is 0 Å². The molecule has 2 atom stereocenters. The number of nitrogens with one attached hydrogen (secondary N) is 1. The van der Waals surface area contributed by atoms with Gasteiger partial charge in [0.2, 0.25) is 0 Å². The molecule has 2 rings (SSSR count). The van der Waals surface area contributed by atoms with Crippen molar-refractivity contribution in [3.8, 4) is 0 Å². The van der Waals surface area contributed by atoms with E-state index in [1.54, 1.807) is 0 Å². The molecule has 2 aromatic carbocycles. The number of aryl methyl sites for hydroxylation is 1. The fraction of sp³-hybridized carbons (Fsp3) is 0.294. The van der Waals surface area contributed by atoms with Gasteiger partial charge in [-0.25, -0.2) is 0 Å². The average molecular weight is 239 g/mol. The predicted octanol–water partition coefficient (Wildman–Crippen LogP) is 4.41. The number of hydrogen-bond donors (Lipinski definition) is 1. The zero-order chi connectivity index (χ0) is 13.0. The molecule has 0 aliphatic heterocycles. The van der Waals surface area contributed by atoms with Crippen molar-refractivity contribution in [1.82, 2.24) is 5.32 Å². The van der Waals surface area contributed by atoms with Gasteiger partial charge in [-0.15, -0.1) is 0 Å². The van der Waals surface area contributed by atoms with Crippen LogP contribution in [0.4, 0.5) is 0 Å². The summed E-state index contributed by atoms with van der Waals surface area (Å²) in [6, 6.07) is 20.0. The van der Waals surface area contributed by atoms with Crippen molar-refractivity contribution in [3.63, 3.8) is 0 Å². The normalized spacial score (nSPS) is 14.2. The zero-order valence-corrected chi connectivity index (χ0v) is 11.4. The summed E-state index contributed by atoms with van der Waals surface area (Å²) in [5.41, 5.74) is 3.97. The van der Waals surface area contributed by atoms with Gasteiger partial charge in [0.15, 0.2) is 0 Å². The summed E-state index contributed by atoms with van der Waals surface area (Å²) in [5, 5.41) is 3.63. The van der Waals surface area contributed by atoms with E-state index in [0.29, 0.717) is 12.1 Å². The Labute approximate surface area is 110 Å². The third-order valence-corrected chi connectivity index (χ3v) is 3.38. The maximum absolute atomic E-state index is 3.63. The van der Waals surface area contributed by atoms with Gasteiger partial charge < -0.3 is 5.32 Å². The summed E-state index contributed by atoms with van der Waals surface area (Å²) in [7, 11) is 0. The Balaban J connectivity index is 2.03. The van der Waals surface area contributed by atoms with Gasteiger partial charge >= 0.3 is 0 Å². The lowest BCUT2D eigenvalue weighted by Gasteiger charge is -2.21. The topological polar surface area (TPSA) is 12.0 Å². The van der Waals surface area contributed by atoms with Crippen LogP contribution in [0.2, 0.25) is 0 Å². The lowest BCUT2D eigenvalue weighted by atomic mass is 10.0. The van der Waals surface area contributed by atoms with Crippen LogP contribution < -0.4 is 5.32 Å². The van der Waals surface area contributed by atoms with Crippen LogP contribution in [0.15, 0.2) is 54.6 Å². The van der Waals surface area contributed by atoms with Gasteiger partial charge in [0.25, 0.3) is 0 Å². The van der Waals surface area contributed by atoms with Gasteiger partial charge in [-0.1, -0.05) is 60.2 Å². The molecule has 1 unspecified atom stereocenters. The first-order valence-corrected chi connectivity index (χ1v) is 6.54. The standard InChI is InChI=1S/C17H21N/c1-13-9-11-17(12-10-13)15(3)18-14(2)16-7-5-4-6-8-16/h4-12,14-15,18H,1-3H3/t14-,15?/m0/s1. The van der Waals surface area contributed by atoms with E-state index in [1.165, 1.54) is 16.7 Å². The Bertz CT molecular complexity index is 473. The second-order valence-electron chi connectivity index (χ2n) is 4.93. The number of hydrogen-bond acceptors (Lipinski definition) is 1. The third-order valence-electron chi connectivity index (χ3n) is 3.38. The van der Waals surface area contributed by atoms with Crippen LogP contribution in [0, 0.1) is 6.92 Å². The maximum Gasteiger partial charge on any atom is 0.0297 e. The Kier molecular flexibility index (Phi) is 4.16. The fourth-order valence-electron chi connectivity index (χ4n) is 2.16. The fourth-order valence-corrected chi connectivity index (χ4v) is 2.16. The van der Waals surface area contributed by atoms with Gasteiger partial charge in [-0.05, 0) is 31.9 Å². The van der Waals surface area contributed by atoms with Gasteiger partial charge in [-0.3, -0.25) is 0 Å². The zero-order valence-electron chi connectivity index (χ0n) is 11.4. The quantitative estimate of drug-likeness (QED) is 0.833. The maximum atomic E-state index is 3.63. The first-order chi connectivity index (χ1) is 8.66. The number of rotatable bonds is 4. The van der Waals surface area contributed by atoms with E-state index in [1.807, 2.05) is 0 Å². The molecular weight excluding hydrogens is 218 g/mol. The van der Waals surface area contributed by atoms with E-state index in [9.17, 15) is 0 Å². The molecule has 0 saturated carbocycles. The molecule has 18 heavy (non-hydrogen) atoms. The minimum atomic E-state index is 0.362. The Morgan fingerprint density at radius 3 is 1.78 bits per heavy atom. The monoisotopic (exact) mass is 239 g/mol. The van der Waals surface area contributed by atoms with Crippen molar-refractivity contribution in [2.75, 3.05) is 0 Å². The molecule has 1 nitrogen and oxygen atoms in total. The number of benzene rings is 2. The predicted molar refractivity (Wildman–Crippen MR) is 77.6 cm³/mol. The van der Waals surface area contributed by atoms with Crippen LogP contribution in [0.3, 0.4) is 0 Å². The van der Waals surface area contributed by atoms with Crippen LogP contribution in [0.25, 0.3) is 0 Å². The molecular formula is C17H21N. The van der Waals surface area contributed by atoms with Crippen LogP contribution >= 0.6 is 0 Å². The smallest absolute Gasteiger partial charge is 0.0297 e. The van der Waals surface area contributed by atoms with Crippen LogP contribution in [0.5, 0.6) is 0 Å². The van der Waals surface area contributed by atoms with Gasteiger partial charge in [0.1, 0.15) is 0 Å². The first kappa shape index (κ1) is 12.8. The molecule has 1 heteroatoms. The molecule has 2 aromatic rings. The molecule has 0 saturated heterocycles. The molecule has 0 amide bonds. The van der Waals surface area contributed by atoms with Gasteiger partial charge in [-0.2, -0.15) is 0 Å². The van der Waals surface area contributed by atoms with Gasteiger partial charge in [0.05, 0.1) is 0 Å². The second-order valence-corrected chi connectivity index (χ2v) is 4.93. The lowest BCUT2D eigenvalue weighted by Crippen LogP contribution is -2.22. The molecule has 94 valence electrons. The third kappa shape index (κ3) is 3.21. The first-order valence-electron chi connectivity index (χ1n) is 6.54. The van der Waals surface area contributed by atoms with E-state index in [2.05, 4.69) is 80.7 Å². The van der Waals surface area contributed by atoms with Crippen LogP contribution in [-0.2, 0) is 0 Å². The summed E-state index contributed by atoms with van der Waals surface area (Å²) in [6.07, 6.45) is 0. The Hall–Kier alpha value is -1.60. The molecule has 0 bridgehead atoms. The average Bonchev–Trinajstić information content (AvgIpc) is 2.40. The SMILES string of the molecule is Cc1ccc(C(C)N[C@@H](C)c2ccccc2)cc1. The minimum absolute atomic E-state index is 0.362. The summed E-state index contributed by atoms with van der Waals surface area (Å²) in [5.74, 6) is 0. The van der Waals surface area contributed by atoms with Crippen molar-refractivity contribution in [3.05, 3.63) is 71.3 Å². The molecule has 0 aliphatic carbocycles. The largest absolute Gasteiger partial charge is 0.304 e. The van der Waals surface area contributed by atoms with Crippen LogP contribution in [-0.4, -0.2) is 0 Å². The minimum Gasteiger partial charge on any atom is -0.304 e. The van der Waals surface area contributed by atoms with E-state index < -0.39 is 0 Å². The molecule has 0 radical (unpaired) electrons. The summed E-state index contributed by atoms with van der Waals surface area (Å²) in [4.78, 5) is 0. The molecule has 0 heterocycles. The highest BCUT2D eigenvalue weighted by molar-refractivity contribution is 5.25. The lowest BCUT2D eigenvalue weighted by molar-refractivity contribution is 0.494. The van der Waals surface area contributed by atoms with Crippen molar-refractivity contribution < 1.29 is 0 Å². The molecule has 0 aliphatic rings. The van der Waals surface area contributed by atoms with E-state index in [0.717, 1.165) is 0 Å². The van der Waals surface area contributed by atoms with Crippen molar-refractivity contribution in [1.29, 1.82) is 0 Å². The summed E-state index contributed by atoms with van der Waals surface area (Å²) >= 11 is 0. The van der Waals surface area contributed by atoms with E-state index >= 15 is 0 Å². The highest BCUT2D eigenvalue weighted by Crippen LogP contribution is 2.19. The highest BCUT2D eigenvalue weighted by atomic mass is 14.9. The second kappa shape index (κ2) is 5.83. The van der Waals surface area contributed by atoms with Crippen molar-refractivity contribution in [2.45, 2.75) is 32.9 Å². The van der Waals surface area contributed by atoms with Crippen molar-refractivity contribution in [2.24, 2.45) is 0 Å².